The van der Waals surface area contributed by atoms with E-state index in [-0.39, 0.29) is 22.0 Å². The van der Waals surface area contributed by atoms with E-state index in [0.717, 1.165) is 24.2 Å². The van der Waals surface area contributed by atoms with Crippen LogP contribution in [0.2, 0.25) is 0 Å². The number of allylic oxidation sites excluding steroid dienone is 2. The molecule has 0 aromatic carbocycles. The first-order valence-electron chi connectivity index (χ1n) is 8.33. The predicted octanol–water partition coefficient (Wildman–Crippen LogP) is 3.70. The van der Waals surface area contributed by atoms with Gasteiger partial charge in [0.05, 0.1) is 12.0 Å². The zero-order valence-corrected chi connectivity index (χ0v) is 16.9. The summed E-state index contributed by atoms with van der Waals surface area (Å²) in [6.07, 6.45) is 3.62. The molecule has 0 aromatic rings. The van der Waals surface area contributed by atoms with Crippen LogP contribution in [0.4, 0.5) is 0 Å². The Morgan fingerprint density at radius 2 is 1.78 bits per heavy atom. The van der Waals surface area contributed by atoms with E-state index in [1.54, 1.807) is 6.34 Å². The molecule has 0 aliphatic carbocycles. The van der Waals surface area contributed by atoms with Crippen molar-refractivity contribution in [3.8, 4) is 0 Å². The summed E-state index contributed by atoms with van der Waals surface area (Å²) in [4.78, 5) is 4.70. The van der Waals surface area contributed by atoms with E-state index in [2.05, 4.69) is 80.2 Å². The lowest BCUT2D eigenvalue weighted by molar-refractivity contribution is 0.0914. The van der Waals surface area contributed by atoms with E-state index < -0.39 is 0 Å². The monoisotopic (exact) mass is 336 g/mol. The summed E-state index contributed by atoms with van der Waals surface area (Å²) in [5.74, 6) is 0. The topological polar surface area (TPSA) is 48.5 Å². The zero-order chi connectivity index (χ0) is 17.7. The summed E-state index contributed by atoms with van der Waals surface area (Å²) in [7, 11) is 2.69. The summed E-state index contributed by atoms with van der Waals surface area (Å²) in [5.41, 5.74) is 3.09. The molecule has 2 atom stereocenters. The van der Waals surface area contributed by atoms with Crippen molar-refractivity contribution in [1.82, 2.24) is 15.7 Å². The third-order valence-electron chi connectivity index (χ3n) is 5.73. The number of aliphatic imine (C=N–C) groups is 1. The first-order chi connectivity index (χ1) is 10.3. The number of rotatable bonds is 1. The zero-order valence-electron chi connectivity index (χ0n) is 15.7. The first kappa shape index (κ1) is 18.6. The molecule has 5 heteroatoms. The summed E-state index contributed by atoms with van der Waals surface area (Å²) in [6, 6.07) is 0. The molecular weight excluding hydrogens is 303 g/mol. The Morgan fingerprint density at radius 1 is 1.17 bits per heavy atom. The highest BCUT2D eigenvalue weighted by molar-refractivity contribution is 7.13. The van der Waals surface area contributed by atoms with Crippen LogP contribution in [0.5, 0.6) is 0 Å². The molecule has 3 N–H and O–H groups in total. The van der Waals surface area contributed by atoms with E-state index in [1.807, 2.05) is 0 Å². The normalized spacial score (nSPS) is 32.4. The second-order valence-corrected chi connectivity index (χ2v) is 9.34. The van der Waals surface area contributed by atoms with Crippen LogP contribution in [0.1, 0.15) is 61.3 Å². The lowest BCUT2D eigenvalue weighted by Gasteiger charge is -2.48. The Balaban J connectivity index is 2.67. The molecule has 2 rings (SSSR count). The Hall–Kier alpha value is -0.700. The molecule has 0 aromatic heterocycles. The quantitative estimate of drug-likeness (QED) is 0.640. The Labute approximate surface area is 143 Å². The number of nitrogens with one attached hydrogen (secondary N) is 3. The molecule has 2 heterocycles. The van der Waals surface area contributed by atoms with E-state index in [4.69, 9.17) is 4.99 Å². The second kappa shape index (κ2) is 5.68. The maximum Gasteiger partial charge on any atom is 0.0926 e. The van der Waals surface area contributed by atoms with Gasteiger partial charge in [-0.2, -0.15) is 0 Å². The highest BCUT2D eigenvalue weighted by atomic mass is 31.0. The molecule has 0 amide bonds. The predicted molar refractivity (Wildman–Crippen MR) is 103 cm³/mol. The average molecular weight is 336 g/mol. The van der Waals surface area contributed by atoms with Crippen LogP contribution in [0.15, 0.2) is 28.5 Å². The average Bonchev–Trinajstić information content (AvgIpc) is 2.36. The molecule has 2 aliphatic rings. The standard InChI is InChI=1S/C18H33N4P/c1-12-14-13(20-11-19-12)9-16(4,5)17(6,7)21-18(8,22-23)10-15(14,2)3/h11,21-22H,1,9-10,23H2,2-8H3,(H,19,20). The van der Waals surface area contributed by atoms with Crippen LogP contribution < -0.4 is 15.7 Å². The fourth-order valence-electron chi connectivity index (χ4n) is 4.03. The third kappa shape index (κ3) is 3.40. The summed E-state index contributed by atoms with van der Waals surface area (Å²) in [5, 5.41) is 10.5. The largest absolute Gasteiger partial charge is 0.347 e. The van der Waals surface area contributed by atoms with Gasteiger partial charge < -0.3 is 5.32 Å². The van der Waals surface area contributed by atoms with Crippen LogP contribution in [0.25, 0.3) is 0 Å². The van der Waals surface area contributed by atoms with Gasteiger partial charge in [0.25, 0.3) is 0 Å². The maximum absolute atomic E-state index is 4.70. The van der Waals surface area contributed by atoms with Crippen LogP contribution >= 0.6 is 9.39 Å². The molecule has 0 saturated carbocycles. The number of hydrogen-bond acceptors (Lipinski definition) is 4. The minimum atomic E-state index is -0.209. The minimum absolute atomic E-state index is 0.0335. The summed E-state index contributed by atoms with van der Waals surface area (Å²) >= 11 is 0. The number of nitrogens with zero attached hydrogens (tertiary/aromatic N) is 1. The molecule has 0 radical (unpaired) electrons. The van der Waals surface area contributed by atoms with Gasteiger partial charge in [-0.05, 0) is 44.4 Å². The van der Waals surface area contributed by atoms with Gasteiger partial charge in [0.15, 0.2) is 0 Å². The van der Waals surface area contributed by atoms with Crippen molar-refractivity contribution in [2.45, 2.75) is 72.5 Å². The molecule has 2 unspecified atom stereocenters. The van der Waals surface area contributed by atoms with Crippen molar-refractivity contribution >= 4 is 15.7 Å². The third-order valence-corrected chi connectivity index (χ3v) is 6.37. The van der Waals surface area contributed by atoms with Gasteiger partial charge in [0.1, 0.15) is 0 Å². The van der Waals surface area contributed by atoms with Crippen LogP contribution in [0, 0.1) is 10.8 Å². The molecule has 2 aliphatic heterocycles. The maximum atomic E-state index is 4.70. The molecule has 0 fully saturated rings. The Kier molecular flexibility index (Phi) is 4.60. The summed E-state index contributed by atoms with van der Waals surface area (Å²) < 4.78 is 0. The van der Waals surface area contributed by atoms with E-state index >= 15 is 0 Å². The highest BCUT2D eigenvalue weighted by Gasteiger charge is 2.47. The van der Waals surface area contributed by atoms with Crippen molar-refractivity contribution in [2.24, 2.45) is 15.8 Å². The molecule has 0 bridgehead atoms. The molecule has 0 saturated heterocycles. The smallest absolute Gasteiger partial charge is 0.0926 e. The molecular formula is C18H33N4P. The van der Waals surface area contributed by atoms with Gasteiger partial charge in [-0.1, -0.05) is 43.7 Å². The number of hydrogen-bond donors (Lipinski definition) is 3. The van der Waals surface area contributed by atoms with Crippen molar-refractivity contribution in [3.05, 3.63) is 23.5 Å². The van der Waals surface area contributed by atoms with Crippen molar-refractivity contribution < 1.29 is 0 Å². The van der Waals surface area contributed by atoms with Gasteiger partial charge in [0.2, 0.25) is 0 Å². The second-order valence-electron chi connectivity index (χ2n) is 9.05. The lowest BCUT2D eigenvalue weighted by Crippen LogP contribution is -2.64. The van der Waals surface area contributed by atoms with E-state index in [0.29, 0.717) is 0 Å². The van der Waals surface area contributed by atoms with Gasteiger partial charge in [0, 0.05) is 22.5 Å². The molecule has 0 spiro atoms. The fourth-order valence-corrected chi connectivity index (χ4v) is 4.21. The summed E-state index contributed by atoms with van der Waals surface area (Å²) in [6.45, 7) is 20.2. The van der Waals surface area contributed by atoms with Crippen molar-refractivity contribution in [1.29, 1.82) is 0 Å². The van der Waals surface area contributed by atoms with Gasteiger partial charge in [-0.3, -0.25) is 10.4 Å². The molecule has 130 valence electrons. The van der Waals surface area contributed by atoms with Crippen LogP contribution in [0.3, 0.4) is 0 Å². The minimum Gasteiger partial charge on any atom is -0.347 e. The Morgan fingerprint density at radius 3 is 2.35 bits per heavy atom. The SMILES string of the molecule is C=C1NC=NC2=C1C(C)(C)CC(C)(NP)NC(C)(C)C(C)(C)C2. The lowest BCUT2D eigenvalue weighted by atomic mass is 9.70. The van der Waals surface area contributed by atoms with Gasteiger partial charge in [-0.15, -0.1) is 0 Å². The molecule has 23 heavy (non-hydrogen) atoms. The Bertz CT molecular complexity index is 572. The first-order valence-corrected chi connectivity index (χ1v) is 8.90. The van der Waals surface area contributed by atoms with E-state index in [1.165, 1.54) is 5.57 Å². The van der Waals surface area contributed by atoms with Crippen LogP contribution in [-0.4, -0.2) is 17.5 Å². The van der Waals surface area contributed by atoms with Gasteiger partial charge in [-0.25, -0.2) is 4.99 Å². The van der Waals surface area contributed by atoms with E-state index in [9.17, 15) is 0 Å². The van der Waals surface area contributed by atoms with Crippen molar-refractivity contribution in [2.75, 3.05) is 0 Å². The highest BCUT2D eigenvalue weighted by Crippen LogP contribution is 2.48. The fraction of sp³-hybridized carbons (Fsp3) is 0.722. The molecule has 4 nitrogen and oxygen atoms in total. The van der Waals surface area contributed by atoms with Crippen LogP contribution in [-0.2, 0) is 0 Å². The van der Waals surface area contributed by atoms with Crippen molar-refractivity contribution in [3.63, 3.8) is 0 Å². The van der Waals surface area contributed by atoms with Gasteiger partial charge >= 0.3 is 0 Å².